The van der Waals surface area contributed by atoms with Gasteiger partial charge in [0, 0.05) is 18.7 Å². The van der Waals surface area contributed by atoms with Gasteiger partial charge in [0.1, 0.15) is 6.61 Å². The van der Waals surface area contributed by atoms with Crippen molar-refractivity contribution in [2.75, 3.05) is 26.2 Å². The van der Waals surface area contributed by atoms with E-state index in [1.807, 2.05) is 0 Å². The molecule has 0 aromatic carbocycles. The third kappa shape index (κ3) is 9.20. The monoisotopic (exact) mass is 383 g/mol. The van der Waals surface area contributed by atoms with E-state index >= 15 is 0 Å². The van der Waals surface area contributed by atoms with Crippen LogP contribution in [0.2, 0.25) is 5.02 Å². The molecule has 0 radical (unpaired) electrons. The van der Waals surface area contributed by atoms with E-state index in [1.165, 1.54) is 19.0 Å². The SMILES string of the molecule is Cl.Cl.O=C(CCC1CCNCC1)NCCOc1ccc(Cl)cn1. The van der Waals surface area contributed by atoms with Crippen LogP contribution in [-0.2, 0) is 4.79 Å². The van der Waals surface area contributed by atoms with E-state index in [-0.39, 0.29) is 30.7 Å². The van der Waals surface area contributed by atoms with Crippen molar-refractivity contribution in [3.8, 4) is 5.88 Å². The predicted molar refractivity (Wildman–Crippen MR) is 97.1 cm³/mol. The van der Waals surface area contributed by atoms with Gasteiger partial charge in [0.2, 0.25) is 11.8 Å². The molecule has 23 heavy (non-hydrogen) atoms. The molecule has 8 heteroatoms. The number of carbonyl (C=O) groups is 1. The summed E-state index contributed by atoms with van der Waals surface area (Å²) < 4.78 is 5.41. The minimum Gasteiger partial charge on any atom is -0.476 e. The Morgan fingerprint density at radius 1 is 1.35 bits per heavy atom. The van der Waals surface area contributed by atoms with Crippen LogP contribution in [0, 0.1) is 5.92 Å². The zero-order valence-corrected chi connectivity index (χ0v) is 15.3. The molecule has 0 unspecified atom stereocenters. The molecule has 1 aromatic heterocycles. The maximum Gasteiger partial charge on any atom is 0.220 e. The lowest BCUT2D eigenvalue weighted by molar-refractivity contribution is -0.121. The summed E-state index contributed by atoms with van der Waals surface area (Å²) in [6.07, 6.45) is 5.47. The number of nitrogens with one attached hydrogen (secondary N) is 2. The summed E-state index contributed by atoms with van der Waals surface area (Å²) in [7, 11) is 0. The lowest BCUT2D eigenvalue weighted by Crippen LogP contribution is -2.30. The molecule has 0 saturated carbocycles. The van der Waals surface area contributed by atoms with Gasteiger partial charge in [-0.3, -0.25) is 4.79 Å². The van der Waals surface area contributed by atoms with Crippen LogP contribution >= 0.6 is 36.4 Å². The van der Waals surface area contributed by atoms with E-state index in [9.17, 15) is 4.79 Å². The lowest BCUT2D eigenvalue weighted by atomic mass is 9.93. The Labute approximate surface area is 154 Å². The minimum absolute atomic E-state index is 0. The average Bonchev–Trinajstić information content (AvgIpc) is 2.52. The lowest BCUT2D eigenvalue weighted by Gasteiger charge is -2.22. The van der Waals surface area contributed by atoms with Gasteiger partial charge in [-0.05, 0) is 44.3 Å². The first-order chi connectivity index (χ1) is 10.2. The second kappa shape index (κ2) is 12.6. The predicted octanol–water partition coefficient (Wildman–Crippen LogP) is 2.85. The zero-order valence-electron chi connectivity index (χ0n) is 12.9. The molecule has 1 aliphatic heterocycles. The van der Waals surface area contributed by atoms with Crippen molar-refractivity contribution >= 4 is 42.3 Å². The minimum atomic E-state index is 0. The molecule has 0 aliphatic carbocycles. The number of rotatable bonds is 7. The fraction of sp³-hybridized carbons (Fsp3) is 0.600. The van der Waals surface area contributed by atoms with Crippen molar-refractivity contribution in [3.05, 3.63) is 23.4 Å². The molecule has 0 spiro atoms. The largest absolute Gasteiger partial charge is 0.476 e. The Balaban J connectivity index is 0.00000242. The molecular formula is C15H24Cl3N3O2. The second-order valence-electron chi connectivity index (χ2n) is 5.25. The maximum atomic E-state index is 11.7. The number of aromatic nitrogens is 1. The van der Waals surface area contributed by atoms with Gasteiger partial charge < -0.3 is 15.4 Å². The van der Waals surface area contributed by atoms with Crippen molar-refractivity contribution in [3.63, 3.8) is 0 Å². The van der Waals surface area contributed by atoms with Crippen molar-refractivity contribution in [2.24, 2.45) is 5.92 Å². The smallest absolute Gasteiger partial charge is 0.220 e. The highest BCUT2D eigenvalue weighted by Crippen LogP contribution is 2.17. The first kappa shape index (κ1) is 22.2. The summed E-state index contributed by atoms with van der Waals surface area (Å²) in [5.74, 6) is 1.30. The first-order valence-electron chi connectivity index (χ1n) is 7.46. The van der Waals surface area contributed by atoms with Crippen LogP contribution in [0.25, 0.3) is 0 Å². The van der Waals surface area contributed by atoms with E-state index in [1.54, 1.807) is 12.1 Å². The highest BCUT2D eigenvalue weighted by atomic mass is 35.5. The van der Waals surface area contributed by atoms with Crippen LogP contribution in [0.15, 0.2) is 18.3 Å². The van der Waals surface area contributed by atoms with Crippen LogP contribution in [0.5, 0.6) is 5.88 Å². The Hall–Kier alpha value is -0.750. The van der Waals surface area contributed by atoms with E-state index in [0.717, 1.165) is 19.5 Å². The quantitative estimate of drug-likeness (QED) is 0.710. The van der Waals surface area contributed by atoms with Crippen molar-refractivity contribution in [1.82, 2.24) is 15.6 Å². The summed E-state index contributed by atoms with van der Waals surface area (Å²) in [6.45, 7) is 3.06. The molecule has 5 nitrogen and oxygen atoms in total. The molecule has 2 rings (SSSR count). The van der Waals surface area contributed by atoms with Gasteiger partial charge in [0.05, 0.1) is 11.6 Å². The summed E-state index contributed by atoms with van der Waals surface area (Å²) in [5.41, 5.74) is 0. The molecule has 1 fully saturated rings. The van der Waals surface area contributed by atoms with E-state index in [0.29, 0.717) is 36.4 Å². The standard InChI is InChI=1S/C15H22ClN3O2.2ClH/c16-13-2-4-15(19-11-13)21-10-9-18-14(20)3-1-12-5-7-17-8-6-12;;/h2,4,11-12,17H,1,3,5-10H2,(H,18,20);2*1H. The van der Waals surface area contributed by atoms with Crippen LogP contribution < -0.4 is 15.4 Å². The van der Waals surface area contributed by atoms with Gasteiger partial charge in [-0.25, -0.2) is 4.98 Å². The Kier molecular flexibility index (Phi) is 12.2. The number of hydrogen-bond acceptors (Lipinski definition) is 4. The van der Waals surface area contributed by atoms with Crippen LogP contribution in [-0.4, -0.2) is 37.1 Å². The first-order valence-corrected chi connectivity index (χ1v) is 7.83. The number of halogens is 3. The normalized spacial score (nSPS) is 14.3. The molecule has 2 N–H and O–H groups in total. The zero-order chi connectivity index (χ0) is 14.9. The average molecular weight is 385 g/mol. The van der Waals surface area contributed by atoms with Gasteiger partial charge in [-0.1, -0.05) is 11.6 Å². The van der Waals surface area contributed by atoms with E-state index < -0.39 is 0 Å². The molecule has 0 atom stereocenters. The topological polar surface area (TPSA) is 63.2 Å². The molecule has 1 aliphatic rings. The van der Waals surface area contributed by atoms with Crippen LogP contribution in [0.4, 0.5) is 0 Å². The number of carbonyl (C=O) groups excluding carboxylic acids is 1. The highest BCUT2D eigenvalue weighted by molar-refractivity contribution is 6.30. The van der Waals surface area contributed by atoms with Gasteiger partial charge in [-0.15, -0.1) is 24.8 Å². The number of amides is 1. The van der Waals surface area contributed by atoms with Crippen LogP contribution in [0.1, 0.15) is 25.7 Å². The van der Waals surface area contributed by atoms with Crippen LogP contribution in [0.3, 0.4) is 0 Å². The number of hydrogen-bond donors (Lipinski definition) is 2. The maximum absolute atomic E-state index is 11.7. The number of ether oxygens (including phenoxy) is 1. The molecule has 2 heterocycles. The molecule has 1 aromatic rings. The molecular weight excluding hydrogens is 361 g/mol. The number of pyridine rings is 1. The van der Waals surface area contributed by atoms with E-state index in [2.05, 4.69) is 15.6 Å². The number of piperidine rings is 1. The molecule has 0 bridgehead atoms. The van der Waals surface area contributed by atoms with Crippen molar-refractivity contribution in [2.45, 2.75) is 25.7 Å². The molecule has 1 amide bonds. The molecule has 132 valence electrons. The highest BCUT2D eigenvalue weighted by Gasteiger charge is 2.14. The third-order valence-corrected chi connectivity index (χ3v) is 3.84. The molecule has 1 saturated heterocycles. The summed E-state index contributed by atoms with van der Waals surface area (Å²) in [4.78, 5) is 15.7. The Bertz CT molecular complexity index is 440. The summed E-state index contributed by atoms with van der Waals surface area (Å²) in [6, 6.07) is 3.43. The van der Waals surface area contributed by atoms with Crippen molar-refractivity contribution < 1.29 is 9.53 Å². The van der Waals surface area contributed by atoms with Gasteiger partial charge in [-0.2, -0.15) is 0 Å². The van der Waals surface area contributed by atoms with Gasteiger partial charge >= 0.3 is 0 Å². The fourth-order valence-electron chi connectivity index (χ4n) is 2.39. The Morgan fingerprint density at radius 3 is 2.74 bits per heavy atom. The fourth-order valence-corrected chi connectivity index (χ4v) is 2.50. The summed E-state index contributed by atoms with van der Waals surface area (Å²) in [5, 5.41) is 6.78. The van der Waals surface area contributed by atoms with E-state index in [4.69, 9.17) is 16.3 Å². The third-order valence-electron chi connectivity index (χ3n) is 3.61. The van der Waals surface area contributed by atoms with Gasteiger partial charge in [0.25, 0.3) is 0 Å². The van der Waals surface area contributed by atoms with Gasteiger partial charge in [0.15, 0.2) is 0 Å². The number of nitrogens with zero attached hydrogens (tertiary/aromatic N) is 1. The Morgan fingerprint density at radius 2 is 2.09 bits per heavy atom. The summed E-state index contributed by atoms with van der Waals surface area (Å²) >= 11 is 5.73. The second-order valence-corrected chi connectivity index (χ2v) is 5.68. The van der Waals surface area contributed by atoms with Crippen molar-refractivity contribution in [1.29, 1.82) is 0 Å².